The number of ether oxygens (including phenoxy) is 2. The molecule has 1 fully saturated rings. The van der Waals surface area contributed by atoms with E-state index in [1.165, 1.54) is 7.11 Å². The maximum Gasteiger partial charge on any atom is 0.262 e. The maximum absolute atomic E-state index is 14.0. The molecule has 3 amide bonds. The zero-order chi connectivity index (χ0) is 27.6. The molecule has 2 aliphatic rings. The number of hydrogen-bond donors (Lipinski definition) is 1. The Balaban J connectivity index is 1.82. The van der Waals surface area contributed by atoms with Crippen LogP contribution in [0.15, 0.2) is 30.3 Å². The first-order chi connectivity index (χ1) is 18.2. The van der Waals surface area contributed by atoms with Gasteiger partial charge in [-0.05, 0) is 55.0 Å². The number of benzene rings is 2. The average molecular weight is 543 g/mol. The Kier molecular flexibility index (Phi) is 8.10. The van der Waals surface area contributed by atoms with Crippen molar-refractivity contribution < 1.29 is 32.3 Å². The van der Waals surface area contributed by atoms with Gasteiger partial charge >= 0.3 is 0 Å². The second kappa shape index (κ2) is 11.1. The van der Waals surface area contributed by atoms with E-state index in [4.69, 9.17) is 9.47 Å². The molecular formula is C28H34N2O7S. The molecule has 2 aromatic rings. The van der Waals surface area contributed by atoms with Gasteiger partial charge in [0.1, 0.15) is 0 Å². The third-order valence-corrected chi connectivity index (χ3v) is 9.30. The second-order valence-corrected chi connectivity index (χ2v) is 11.8. The molecule has 2 aromatic carbocycles. The monoisotopic (exact) mass is 542 g/mol. The van der Waals surface area contributed by atoms with Crippen LogP contribution in [0, 0.1) is 0 Å². The fourth-order valence-corrected chi connectivity index (χ4v) is 6.73. The van der Waals surface area contributed by atoms with E-state index in [0.29, 0.717) is 54.1 Å². The Morgan fingerprint density at radius 1 is 1.03 bits per heavy atom. The summed E-state index contributed by atoms with van der Waals surface area (Å²) < 4.78 is 37.5. The lowest BCUT2D eigenvalue weighted by atomic mass is 9.96. The minimum absolute atomic E-state index is 0.0912. The molecule has 38 heavy (non-hydrogen) atoms. The van der Waals surface area contributed by atoms with Crippen LogP contribution in [-0.4, -0.2) is 55.8 Å². The molecule has 1 N–H and O–H groups in total. The third kappa shape index (κ3) is 5.27. The van der Waals surface area contributed by atoms with E-state index in [9.17, 15) is 22.8 Å². The molecule has 0 unspecified atom stereocenters. The van der Waals surface area contributed by atoms with Crippen LogP contribution < -0.4 is 14.8 Å². The quantitative estimate of drug-likeness (QED) is 0.407. The Labute approximate surface area is 223 Å². The van der Waals surface area contributed by atoms with Crippen molar-refractivity contribution in [2.75, 3.05) is 19.5 Å². The molecule has 1 atom stereocenters. The van der Waals surface area contributed by atoms with Crippen molar-refractivity contribution in [3.8, 4) is 11.5 Å². The van der Waals surface area contributed by atoms with Gasteiger partial charge in [0.25, 0.3) is 11.8 Å². The number of amides is 3. The minimum atomic E-state index is -3.57. The number of imide groups is 1. The first-order valence-electron chi connectivity index (χ1n) is 13.0. The number of carbonyl (C=O) groups is 3. The lowest BCUT2D eigenvalue weighted by Gasteiger charge is -2.27. The van der Waals surface area contributed by atoms with Crippen LogP contribution in [0.4, 0.5) is 0 Å². The van der Waals surface area contributed by atoms with Crippen LogP contribution in [0.5, 0.6) is 11.5 Å². The summed E-state index contributed by atoms with van der Waals surface area (Å²) in [6.07, 6.45) is 1.95. The summed E-state index contributed by atoms with van der Waals surface area (Å²) in [6, 6.07) is 7.44. The van der Waals surface area contributed by atoms with Crippen molar-refractivity contribution in [3.05, 3.63) is 58.1 Å². The molecule has 1 heterocycles. The largest absolute Gasteiger partial charge is 0.493 e. The normalized spacial score (nSPS) is 15.8. The fraction of sp³-hybridized carbons (Fsp3) is 0.464. The van der Waals surface area contributed by atoms with Crippen molar-refractivity contribution in [2.45, 2.75) is 64.3 Å². The van der Waals surface area contributed by atoms with Crippen LogP contribution in [0.2, 0.25) is 0 Å². The number of sulfone groups is 1. The van der Waals surface area contributed by atoms with Crippen molar-refractivity contribution >= 4 is 27.6 Å². The highest BCUT2D eigenvalue weighted by atomic mass is 32.2. The van der Waals surface area contributed by atoms with E-state index in [1.807, 2.05) is 13.8 Å². The fourth-order valence-electron chi connectivity index (χ4n) is 4.83. The highest BCUT2D eigenvalue weighted by molar-refractivity contribution is 7.92. The van der Waals surface area contributed by atoms with Crippen molar-refractivity contribution in [3.63, 3.8) is 0 Å². The molecule has 4 rings (SSSR count). The summed E-state index contributed by atoms with van der Waals surface area (Å²) in [6.45, 7) is 5.88. The Morgan fingerprint density at radius 3 is 2.26 bits per heavy atom. The summed E-state index contributed by atoms with van der Waals surface area (Å²) in [5, 5.41) is 2.31. The molecule has 0 saturated heterocycles. The number of aryl methyl sites for hydroxylation is 1. The van der Waals surface area contributed by atoms with E-state index in [-0.39, 0.29) is 35.8 Å². The zero-order valence-corrected chi connectivity index (χ0v) is 23.0. The first kappa shape index (κ1) is 27.6. The molecule has 10 heteroatoms. The van der Waals surface area contributed by atoms with Gasteiger partial charge in [0.2, 0.25) is 5.91 Å². The van der Waals surface area contributed by atoms with Gasteiger partial charge in [-0.1, -0.05) is 32.0 Å². The zero-order valence-electron chi connectivity index (χ0n) is 22.2. The van der Waals surface area contributed by atoms with Gasteiger partial charge in [0.05, 0.1) is 41.9 Å². The van der Waals surface area contributed by atoms with E-state index < -0.39 is 32.9 Å². The van der Waals surface area contributed by atoms with Gasteiger partial charge in [0, 0.05) is 13.0 Å². The van der Waals surface area contributed by atoms with Crippen molar-refractivity contribution in [2.24, 2.45) is 0 Å². The van der Waals surface area contributed by atoms with Gasteiger partial charge < -0.3 is 14.8 Å². The topological polar surface area (TPSA) is 119 Å². The number of rotatable bonds is 12. The number of nitrogens with one attached hydrogen (secondary N) is 1. The molecular weight excluding hydrogens is 508 g/mol. The molecule has 0 aromatic heterocycles. The smallest absolute Gasteiger partial charge is 0.262 e. The predicted octanol–water partition coefficient (Wildman–Crippen LogP) is 3.60. The highest BCUT2D eigenvalue weighted by Gasteiger charge is 2.46. The molecule has 9 nitrogen and oxygen atoms in total. The maximum atomic E-state index is 14.0. The number of nitrogens with zero attached hydrogens (tertiary/aromatic N) is 1. The van der Waals surface area contributed by atoms with Crippen molar-refractivity contribution in [1.82, 2.24) is 10.2 Å². The SMILES string of the molecule is CCOc1cc([C@@H](CS(=O)(=O)C2CC2)N2C(=O)c3c(CC)ccc(CNC(=O)CC)c3C2=O)ccc1OC. The lowest BCUT2D eigenvalue weighted by molar-refractivity contribution is -0.120. The van der Waals surface area contributed by atoms with E-state index in [0.717, 1.165) is 4.90 Å². The molecule has 0 spiro atoms. The first-order valence-corrected chi connectivity index (χ1v) is 14.7. The molecule has 0 bridgehead atoms. The lowest BCUT2D eigenvalue weighted by Crippen LogP contribution is -2.38. The molecule has 1 saturated carbocycles. The summed E-state index contributed by atoms with van der Waals surface area (Å²) in [5.41, 5.74) is 2.17. The van der Waals surface area contributed by atoms with Gasteiger partial charge in [0.15, 0.2) is 21.3 Å². The van der Waals surface area contributed by atoms with Crippen LogP contribution in [0.3, 0.4) is 0 Å². The number of fused-ring (bicyclic) bond motifs is 1. The number of carbonyl (C=O) groups excluding carboxylic acids is 3. The van der Waals surface area contributed by atoms with E-state index in [2.05, 4.69) is 5.32 Å². The predicted molar refractivity (Wildman–Crippen MR) is 142 cm³/mol. The van der Waals surface area contributed by atoms with Gasteiger partial charge in [-0.15, -0.1) is 0 Å². The highest BCUT2D eigenvalue weighted by Crippen LogP contribution is 2.40. The van der Waals surface area contributed by atoms with Crippen LogP contribution in [0.1, 0.15) is 83.5 Å². The standard InChI is InChI=1S/C28H34N2O7S/c1-5-17-8-9-19(15-29-24(31)6-2)26-25(17)27(32)30(28(26)33)21(16-38(34,35)20-11-12-20)18-10-13-22(36-4)23(14-18)37-7-3/h8-10,13-14,20-21H,5-7,11-12,15-16H2,1-4H3,(H,29,31)/t21-/m1/s1. The summed E-state index contributed by atoms with van der Waals surface area (Å²) in [7, 11) is -2.07. The summed E-state index contributed by atoms with van der Waals surface area (Å²) in [4.78, 5) is 40.9. The van der Waals surface area contributed by atoms with E-state index in [1.54, 1.807) is 37.3 Å². The summed E-state index contributed by atoms with van der Waals surface area (Å²) >= 11 is 0. The Hall–Kier alpha value is -3.40. The third-order valence-electron chi connectivity index (χ3n) is 7.03. The molecule has 0 radical (unpaired) electrons. The van der Waals surface area contributed by atoms with Gasteiger partial charge in [-0.2, -0.15) is 0 Å². The Bertz CT molecular complexity index is 1370. The van der Waals surface area contributed by atoms with E-state index >= 15 is 0 Å². The second-order valence-electron chi connectivity index (χ2n) is 9.49. The van der Waals surface area contributed by atoms with Gasteiger partial charge in [-0.3, -0.25) is 19.3 Å². The average Bonchev–Trinajstić information content (AvgIpc) is 3.73. The minimum Gasteiger partial charge on any atom is -0.493 e. The summed E-state index contributed by atoms with van der Waals surface area (Å²) in [5.74, 6) is -0.799. The van der Waals surface area contributed by atoms with Gasteiger partial charge in [-0.25, -0.2) is 8.42 Å². The Morgan fingerprint density at radius 2 is 1.68 bits per heavy atom. The van der Waals surface area contributed by atoms with Crippen LogP contribution >= 0.6 is 0 Å². The molecule has 204 valence electrons. The molecule has 1 aliphatic carbocycles. The van der Waals surface area contributed by atoms with Crippen molar-refractivity contribution in [1.29, 1.82) is 0 Å². The number of methoxy groups -OCH3 is 1. The molecule has 1 aliphatic heterocycles. The van der Waals surface area contributed by atoms with Crippen LogP contribution in [-0.2, 0) is 27.6 Å². The van der Waals surface area contributed by atoms with Crippen LogP contribution in [0.25, 0.3) is 0 Å². The number of hydrogen-bond acceptors (Lipinski definition) is 7.